The molecule has 0 bridgehead atoms. The van der Waals surface area contributed by atoms with E-state index < -0.39 is 0 Å². The van der Waals surface area contributed by atoms with E-state index in [1.165, 1.54) is 22.4 Å². The van der Waals surface area contributed by atoms with E-state index in [0.29, 0.717) is 29.4 Å². The molecule has 0 amide bonds. The van der Waals surface area contributed by atoms with Crippen molar-refractivity contribution in [3.05, 3.63) is 80.7 Å². The van der Waals surface area contributed by atoms with Crippen LogP contribution in [0.25, 0.3) is 0 Å². The van der Waals surface area contributed by atoms with Crippen LogP contribution in [0.3, 0.4) is 0 Å². The maximum atomic E-state index is 11.9. The van der Waals surface area contributed by atoms with E-state index in [1.807, 2.05) is 31.2 Å². The molecule has 0 saturated carbocycles. The van der Waals surface area contributed by atoms with Crippen LogP contribution in [0.15, 0.2) is 51.8 Å². The standard InChI is InChI=1S/C11H12BN5O2.C8H9ClS/c1-7-8(13)5-14-17(11(7)18)6-10-15-9(16-19-10)3-2-4-12;1-6(10)7-2-4-8(9)5-3-7/h2,4-5H,3,6,13H2,1H3;2-6,10H,1H3. The second-order valence-electron chi connectivity index (χ2n) is 6.15. The lowest BCUT2D eigenvalue weighted by Crippen LogP contribution is -2.26. The molecule has 0 fully saturated rings. The Morgan fingerprint density at radius 1 is 1.38 bits per heavy atom. The lowest BCUT2D eigenvalue weighted by Gasteiger charge is -2.03. The molecule has 0 saturated heterocycles. The van der Waals surface area contributed by atoms with Gasteiger partial charge in [0.15, 0.2) is 5.82 Å². The van der Waals surface area contributed by atoms with Crippen LogP contribution in [-0.4, -0.2) is 27.8 Å². The number of allylic oxidation sites excluding steroid dienone is 1. The van der Waals surface area contributed by atoms with Crippen molar-refractivity contribution in [2.75, 3.05) is 5.73 Å². The molecule has 2 aromatic heterocycles. The zero-order valence-corrected chi connectivity index (χ0v) is 17.8. The van der Waals surface area contributed by atoms with Gasteiger partial charge in [0.1, 0.15) is 14.4 Å². The lowest BCUT2D eigenvalue weighted by atomic mass is 10.1. The maximum Gasteiger partial charge on any atom is 0.272 e. The average molecular weight is 430 g/mol. The summed E-state index contributed by atoms with van der Waals surface area (Å²) >= 11 is 9.97. The van der Waals surface area contributed by atoms with Crippen LogP contribution in [0, 0.1) is 6.92 Å². The monoisotopic (exact) mass is 429 g/mol. The van der Waals surface area contributed by atoms with Crippen LogP contribution < -0.4 is 11.3 Å². The first-order valence-corrected chi connectivity index (χ1v) is 9.65. The van der Waals surface area contributed by atoms with Crippen LogP contribution in [0.2, 0.25) is 5.02 Å². The normalized spacial score (nSPS) is 11.9. The first-order valence-electron chi connectivity index (χ1n) is 8.75. The molecule has 3 rings (SSSR count). The summed E-state index contributed by atoms with van der Waals surface area (Å²) in [5, 5.41) is 8.75. The van der Waals surface area contributed by atoms with Gasteiger partial charge >= 0.3 is 0 Å². The zero-order valence-electron chi connectivity index (χ0n) is 16.1. The molecular weight excluding hydrogens is 409 g/mol. The number of rotatable bonds is 5. The van der Waals surface area contributed by atoms with E-state index >= 15 is 0 Å². The molecule has 1 unspecified atom stereocenters. The van der Waals surface area contributed by atoms with Gasteiger partial charge in [-0.2, -0.15) is 22.7 Å². The number of hydrogen-bond donors (Lipinski definition) is 2. The third-order valence-electron chi connectivity index (χ3n) is 3.91. The molecule has 1 atom stereocenters. The minimum absolute atomic E-state index is 0.110. The molecule has 3 aromatic rings. The topological polar surface area (TPSA) is 99.8 Å². The van der Waals surface area contributed by atoms with Gasteiger partial charge in [0.2, 0.25) is 5.89 Å². The fourth-order valence-corrected chi connectivity index (χ4v) is 2.49. The van der Waals surface area contributed by atoms with Gasteiger partial charge in [-0.1, -0.05) is 35.0 Å². The first kappa shape index (κ1) is 22.8. The SMILES string of the molecule is CC(S)c1ccc(Cl)cc1.[B]C=CCc1noc(Cn2ncc(N)c(C)c2=O)n1. The summed E-state index contributed by atoms with van der Waals surface area (Å²) in [7, 11) is 5.22. The van der Waals surface area contributed by atoms with Gasteiger partial charge < -0.3 is 10.3 Å². The summed E-state index contributed by atoms with van der Waals surface area (Å²) in [6.07, 6.45) is 3.60. The number of thiol groups is 1. The van der Waals surface area contributed by atoms with Crippen molar-refractivity contribution in [3.63, 3.8) is 0 Å². The Bertz CT molecular complexity index is 1020. The molecule has 7 nitrogen and oxygen atoms in total. The third kappa shape index (κ3) is 6.79. The molecule has 29 heavy (non-hydrogen) atoms. The molecule has 2 radical (unpaired) electrons. The molecule has 0 spiro atoms. The predicted octanol–water partition coefficient (Wildman–Crippen LogP) is 3.12. The number of halogens is 1. The smallest absolute Gasteiger partial charge is 0.272 e. The minimum atomic E-state index is -0.276. The fraction of sp³-hybridized carbons (Fsp3) is 0.263. The number of anilines is 1. The summed E-state index contributed by atoms with van der Waals surface area (Å²) in [5.41, 5.74) is 7.33. The molecule has 10 heteroatoms. The molecule has 150 valence electrons. The summed E-state index contributed by atoms with van der Waals surface area (Å²) in [6.45, 7) is 3.78. The van der Waals surface area contributed by atoms with Crippen molar-refractivity contribution in [2.24, 2.45) is 0 Å². The highest BCUT2D eigenvalue weighted by Crippen LogP contribution is 2.20. The molecule has 2 N–H and O–H groups in total. The number of nitrogens with two attached hydrogens (primary N) is 1. The van der Waals surface area contributed by atoms with E-state index in [9.17, 15) is 4.79 Å². The number of hydrogen-bond acceptors (Lipinski definition) is 7. The maximum absolute atomic E-state index is 11.9. The molecular formula is C19H21BClN5O2S. The Morgan fingerprint density at radius 3 is 2.69 bits per heavy atom. The number of aromatic nitrogens is 4. The summed E-state index contributed by atoms with van der Waals surface area (Å²) in [5.74, 6) is 2.21. The summed E-state index contributed by atoms with van der Waals surface area (Å²) in [6, 6.07) is 7.73. The van der Waals surface area contributed by atoms with E-state index in [0.717, 1.165) is 5.02 Å². The lowest BCUT2D eigenvalue weighted by molar-refractivity contribution is 0.359. The number of benzene rings is 1. The summed E-state index contributed by atoms with van der Waals surface area (Å²) in [4.78, 5) is 16.0. The highest BCUT2D eigenvalue weighted by atomic mass is 35.5. The van der Waals surface area contributed by atoms with Crippen molar-refractivity contribution in [1.29, 1.82) is 0 Å². The van der Waals surface area contributed by atoms with Crippen molar-refractivity contribution in [3.8, 4) is 0 Å². The molecule has 1 aromatic carbocycles. The van der Waals surface area contributed by atoms with E-state index in [2.05, 4.69) is 27.9 Å². The zero-order chi connectivity index (χ0) is 21.4. The fourth-order valence-electron chi connectivity index (χ4n) is 2.19. The van der Waals surface area contributed by atoms with Crippen LogP contribution in [0.1, 0.15) is 35.0 Å². The number of nitrogen functional groups attached to an aromatic ring is 1. The van der Waals surface area contributed by atoms with Crippen LogP contribution in [-0.2, 0) is 13.0 Å². The Hall–Kier alpha value is -2.52. The highest BCUT2D eigenvalue weighted by molar-refractivity contribution is 7.80. The largest absolute Gasteiger partial charge is 0.397 e. The van der Waals surface area contributed by atoms with Gasteiger partial charge in [0.25, 0.3) is 5.56 Å². The van der Waals surface area contributed by atoms with Gasteiger partial charge in [-0.15, -0.1) is 5.98 Å². The molecule has 0 aliphatic rings. The van der Waals surface area contributed by atoms with Gasteiger partial charge in [-0.3, -0.25) is 4.79 Å². The number of nitrogens with zero attached hydrogens (tertiary/aromatic N) is 4. The van der Waals surface area contributed by atoms with E-state index in [1.54, 1.807) is 13.0 Å². The van der Waals surface area contributed by atoms with Crippen LogP contribution in [0.5, 0.6) is 0 Å². The quantitative estimate of drug-likeness (QED) is 0.477. The van der Waals surface area contributed by atoms with Crippen LogP contribution in [0.4, 0.5) is 5.69 Å². The van der Waals surface area contributed by atoms with Gasteiger partial charge in [-0.25, -0.2) is 4.68 Å². The van der Waals surface area contributed by atoms with Crippen molar-refractivity contribution in [1.82, 2.24) is 19.9 Å². The molecule has 2 heterocycles. The summed E-state index contributed by atoms with van der Waals surface area (Å²) < 4.78 is 6.25. The Kier molecular flexibility index (Phi) is 8.54. The molecule has 0 aliphatic carbocycles. The van der Waals surface area contributed by atoms with E-state index in [-0.39, 0.29) is 17.4 Å². The molecule has 0 aliphatic heterocycles. The van der Waals surface area contributed by atoms with Gasteiger partial charge in [0, 0.05) is 22.3 Å². The average Bonchev–Trinajstić information content (AvgIpc) is 3.15. The minimum Gasteiger partial charge on any atom is -0.397 e. The Labute approximate surface area is 180 Å². The third-order valence-corrected chi connectivity index (χ3v) is 4.46. The van der Waals surface area contributed by atoms with Gasteiger partial charge in [0.05, 0.1) is 11.9 Å². The predicted molar refractivity (Wildman–Crippen MR) is 118 cm³/mol. The second kappa shape index (κ2) is 10.9. The van der Waals surface area contributed by atoms with Gasteiger partial charge in [-0.05, 0) is 31.5 Å². The first-order chi connectivity index (χ1) is 13.8. The second-order valence-corrected chi connectivity index (χ2v) is 7.36. The van der Waals surface area contributed by atoms with Crippen LogP contribution >= 0.6 is 24.2 Å². The van der Waals surface area contributed by atoms with Crippen molar-refractivity contribution >= 4 is 37.8 Å². The highest BCUT2D eigenvalue weighted by Gasteiger charge is 2.10. The Balaban J connectivity index is 0.000000253. The van der Waals surface area contributed by atoms with E-state index in [4.69, 9.17) is 29.7 Å². The van der Waals surface area contributed by atoms with Crippen molar-refractivity contribution in [2.45, 2.75) is 32.1 Å². The Morgan fingerprint density at radius 2 is 2.07 bits per heavy atom. The van der Waals surface area contributed by atoms with Crippen molar-refractivity contribution < 1.29 is 4.52 Å².